The first-order valence-corrected chi connectivity index (χ1v) is 9.95. The Morgan fingerprint density at radius 1 is 1.06 bits per heavy atom. The van der Waals surface area contributed by atoms with Gasteiger partial charge < -0.3 is 19.2 Å². The Balaban J connectivity index is 1.67. The van der Waals surface area contributed by atoms with Crippen LogP contribution in [0.1, 0.15) is 21.7 Å². The molecular weight excluding hydrogens is 410 g/mol. The lowest BCUT2D eigenvalue weighted by Gasteiger charge is -2.17. The first-order chi connectivity index (χ1) is 15.3. The minimum Gasteiger partial charge on any atom is -0.455 e. The van der Waals surface area contributed by atoms with Gasteiger partial charge in [-0.2, -0.15) is 0 Å². The molecule has 32 heavy (non-hydrogen) atoms. The summed E-state index contributed by atoms with van der Waals surface area (Å²) in [4.78, 5) is 39.7. The lowest BCUT2D eigenvalue weighted by molar-refractivity contribution is -0.116. The fourth-order valence-corrected chi connectivity index (χ4v) is 3.44. The minimum atomic E-state index is -0.451. The van der Waals surface area contributed by atoms with Crippen LogP contribution in [0.5, 0.6) is 0 Å². The van der Waals surface area contributed by atoms with Gasteiger partial charge in [0.15, 0.2) is 16.8 Å². The van der Waals surface area contributed by atoms with E-state index in [2.05, 4.69) is 10.5 Å². The Morgan fingerprint density at radius 3 is 2.50 bits per heavy atom. The number of aryl methyl sites for hydroxylation is 1. The van der Waals surface area contributed by atoms with Crippen LogP contribution in [0.4, 0.5) is 5.82 Å². The van der Waals surface area contributed by atoms with Gasteiger partial charge in [0.2, 0.25) is 5.91 Å². The van der Waals surface area contributed by atoms with Crippen LogP contribution in [-0.2, 0) is 4.79 Å². The van der Waals surface area contributed by atoms with Crippen LogP contribution in [-0.4, -0.2) is 35.5 Å². The molecule has 0 radical (unpaired) electrons. The monoisotopic (exact) mass is 431 g/mol. The second kappa shape index (κ2) is 8.50. The van der Waals surface area contributed by atoms with E-state index < -0.39 is 11.8 Å². The Hall–Kier alpha value is -4.20. The first kappa shape index (κ1) is 21.0. The summed E-state index contributed by atoms with van der Waals surface area (Å²) in [6.45, 7) is 3.19. The van der Waals surface area contributed by atoms with Crippen molar-refractivity contribution < 1.29 is 18.5 Å². The molecule has 2 aromatic carbocycles. The normalized spacial score (nSPS) is 10.8. The summed E-state index contributed by atoms with van der Waals surface area (Å²) in [5.74, 6) is 0.349. The summed E-state index contributed by atoms with van der Waals surface area (Å²) in [6.07, 6.45) is 0. The molecule has 2 aromatic heterocycles. The van der Waals surface area contributed by atoms with Gasteiger partial charge in [-0.1, -0.05) is 41.6 Å². The third-order valence-corrected chi connectivity index (χ3v) is 5.03. The number of nitrogens with one attached hydrogen (secondary N) is 1. The zero-order valence-corrected chi connectivity index (χ0v) is 17.8. The number of aromatic nitrogens is 1. The van der Waals surface area contributed by atoms with Gasteiger partial charge in [-0.05, 0) is 26.0 Å². The van der Waals surface area contributed by atoms with Gasteiger partial charge in [0.25, 0.3) is 5.91 Å². The summed E-state index contributed by atoms with van der Waals surface area (Å²) in [6, 6.07) is 15.6. The van der Waals surface area contributed by atoms with Crippen LogP contribution in [0.25, 0.3) is 22.3 Å². The van der Waals surface area contributed by atoms with E-state index in [1.807, 2.05) is 30.3 Å². The molecule has 0 unspecified atom stereocenters. The highest BCUT2D eigenvalue weighted by molar-refractivity contribution is 6.06. The molecular formula is C24H21N3O5. The highest BCUT2D eigenvalue weighted by Gasteiger charge is 2.22. The molecule has 0 atom stereocenters. The SMILES string of the molecule is Cc1cc(NC(=O)CN(C)C(=O)c2cccc3c(=O)c(C)c(-c4ccccc4)oc23)no1. The van der Waals surface area contributed by atoms with E-state index in [0.29, 0.717) is 22.5 Å². The lowest BCUT2D eigenvalue weighted by Crippen LogP contribution is -2.35. The number of carbonyl (C=O) groups is 2. The van der Waals surface area contributed by atoms with Crippen molar-refractivity contribution in [3.8, 4) is 11.3 Å². The topological polar surface area (TPSA) is 106 Å². The first-order valence-electron chi connectivity index (χ1n) is 9.95. The quantitative estimate of drug-likeness (QED) is 0.516. The van der Waals surface area contributed by atoms with E-state index in [4.69, 9.17) is 8.94 Å². The maximum absolute atomic E-state index is 13.1. The van der Waals surface area contributed by atoms with Crippen molar-refractivity contribution in [2.24, 2.45) is 0 Å². The number of benzene rings is 2. The average molecular weight is 431 g/mol. The van der Waals surface area contributed by atoms with Gasteiger partial charge in [0, 0.05) is 24.2 Å². The molecule has 2 amide bonds. The van der Waals surface area contributed by atoms with Crippen molar-refractivity contribution in [3.63, 3.8) is 0 Å². The molecule has 2 heterocycles. The number of carbonyl (C=O) groups excluding carboxylic acids is 2. The molecule has 8 nitrogen and oxygen atoms in total. The summed E-state index contributed by atoms with van der Waals surface area (Å²) >= 11 is 0. The highest BCUT2D eigenvalue weighted by atomic mass is 16.5. The van der Waals surface area contributed by atoms with Crippen molar-refractivity contribution in [1.82, 2.24) is 10.1 Å². The van der Waals surface area contributed by atoms with Gasteiger partial charge >= 0.3 is 0 Å². The van der Waals surface area contributed by atoms with Crippen LogP contribution in [0.2, 0.25) is 0 Å². The van der Waals surface area contributed by atoms with Crippen molar-refractivity contribution in [1.29, 1.82) is 0 Å². The maximum Gasteiger partial charge on any atom is 0.257 e. The maximum atomic E-state index is 13.1. The molecule has 4 rings (SSSR count). The zero-order valence-electron chi connectivity index (χ0n) is 17.8. The fraction of sp³-hybridized carbons (Fsp3) is 0.167. The largest absolute Gasteiger partial charge is 0.455 e. The van der Waals surface area contributed by atoms with Crippen LogP contribution < -0.4 is 10.7 Å². The Bertz CT molecular complexity index is 1370. The van der Waals surface area contributed by atoms with Gasteiger partial charge in [-0.3, -0.25) is 14.4 Å². The van der Waals surface area contributed by atoms with Crippen LogP contribution in [0.3, 0.4) is 0 Å². The van der Waals surface area contributed by atoms with Crippen molar-refractivity contribution >= 4 is 28.6 Å². The summed E-state index contributed by atoms with van der Waals surface area (Å²) in [7, 11) is 1.50. The predicted molar refractivity (Wildman–Crippen MR) is 119 cm³/mol. The minimum absolute atomic E-state index is 0.186. The molecule has 0 fully saturated rings. The number of amides is 2. The van der Waals surface area contributed by atoms with Gasteiger partial charge in [-0.15, -0.1) is 0 Å². The summed E-state index contributed by atoms with van der Waals surface area (Å²) in [5, 5.41) is 6.59. The van der Waals surface area contributed by atoms with Gasteiger partial charge in [0.1, 0.15) is 11.5 Å². The molecule has 0 aliphatic rings. The van der Waals surface area contributed by atoms with E-state index in [-0.39, 0.29) is 28.9 Å². The number of anilines is 1. The average Bonchev–Trinajstić information content (AvgIpc) is 3.20. The number of fused-ring (bicyclic) bond motifs is 1. The molecule has 0 saturated carbocycles. The number of para-hydroxylation sites is 1. The van der Waals surface area contributed by atoms with E-state index >= 15 is 0 Å². The molecule has 0 aliphatic carbocycles. The van der Waals surface area contributed by atoms with E-state index in [9.17, 15) is 14.4 Å². The van der Waals surface area contributed by atoms with E-state index in [1.54, 1.807) is 38.1 Å². The van der Waals surface area contributed by atoms with Crippen molar-refractivity contribution in [3.05, 3.63) is 81.7 Å². The Morgan fingerprint density at radius 2 is 1.81 bits per heavy atom. The molecule has 8 heteroatoms. The fourth-order valence-electron chi connectivity index (χ4n) is 3.44. The summed E-state index contributed by atoms with van der Waals surface area (Å²) in [5.41, 5.74) is 1.38. The van der Waals surface area contributed by atoms with E-state index in [0.717, 1.165) is 5.56 Å². The molecule has 4 aromatic rings. The molecule has 0 spiro atoms. The van der Waals surface area contributed by atoms with Gasteiger partial charge in [-0.25, -0.2) is 0 Å². The molecule has 162 valence electrons. The Kier molecular flexibility index (Phi) is 5.59. The number of nitrogens with zero attached hydrogens (tertiary/aromatic N) is 2. The Labute approximate surface area is 183 Å². The second-order valence-electron chi connectivity index (χ2n) is 7.47. The molecule has 0 bridgehead atoms. The smallest absolute Gasteiger partial charge is 0.257 e. The standard InChI is InChI=1S/C24H21N3O5/c1-14-12-19(26-32-14)25-20(28)13-27(3)24(30)18-11-7-10-17-21(29)15(2)22(31-23(17)18)16-8-5-4-6-9-16/h4-12H,13H2,1-3H3,(H,25,26,28). The molecule has 0 saturated heterocycles. The zero-order chi connectivity index (χ0) is 22.8. The number of rotatable bonds is 5. The van der Waals surface area contributed by atoms with Crippen LogP contribution in [0, 0.1) is 13.8 Å². The molecule has 1 N–H and O–H groups in total. The predicted octanol–water partition coefficient (Wildman–Crippen LogP) is 3.78. The number of hydrogen-bond acceptors (Lipinski definition) is 6. The summed E-state index contributed by atoms with van der Waals surface area (Å²) < 4.78 is 11.0. The van der Waals surface area contributed by atoms with Gasteiger partial charge in [0.05, 0.1) is 17.5 Å². The van der Waals surface area contributed by atoms with Crippen LogP contribution >= 0.6 is 0 Å². The lowest BCUT2D eigenvalue weighted by atomic mass is 10.0. The van der Waals surface area contributed by atoms with Crippen molar-refractivity contribution in [2.75, 3.05) is 18.9 Å². The second-order valence-corrected chi connectivity index (χ2v) is 7.47. The van der Waals surface area contributed by atoms with E-state index in [1.165, 1.54) is 11.9 Å². The number of likely N-dealkylation sites (N-methyl/N-ethyl adjacent to an activating group) is 1. The third kappa shape index (κ3) is 4.02. The third-order valence-electron chi connectivity index (χ3n) is 5.03. The number of hydrogen-bond donors (Lipinski definition) is 1. The van der Waals surface area contributed by atoms with Crippen LogP contribution in [0.15, 0.2) is 68.3 Å². The van der Waals surface area contributed by atoms with Crippen molar-refractivity contribution in [2.45, 2.75) is 13.8 Å². The highest BCUT2D eigenvalue weighted by Crippen LogP contribution is 2.27. The molecule has 0 aliphatic heterocycles.